The average Bonchev–Trinajstić information content (AvgIpc) is 3.57. The van der Waals surface area contributed by atoms with Crippen molar-refractivity contribution < 1.29 is 27.4 Å². The van der Waals surface area contributed by atoms with E-state index < -0.39 is 21.7 Å². The quantitative estimate of drug-likeness (QED) is 0.550. The standard InChI is InChI=1S/C23H30N2O6S/c1-16(2)31-20-9-5-18(6-10-20)24-32(27,28)15-23(26)25(19-7-8-19)14-17-13-21(29-3)11-12-22(17)30-4/h5-6,9-13,16,19,24H,7-8,14-15H2,1-4H3. The Balaban J connectivity index is 1.69. The molecule has 0 heterocycles. The summed E-state index contributed by atoms with van der Waals surface area (Å²) in [5.74, 6) is 0.813. The van der Waals surface area contributed by atoms with Crippen LogP contribution in [-0.4, -0.2) is 51.3 Å². The maximum absolute atomic E-state index is 13.0. The Morgan fingerprint density at radius 2 is 1.72 bits per heavy atom. The van der Waals surface area contributed by atoms with E-state index in [1.807, 2.05) is 13.8 Å². The summed E-state index contributed by atoms with van der Waals surface area (Å²) in [5, 5.41) is 0. The SMILES string of the molecule is COc1ccc(OC)c(CN(C(=O)CS(=O)(=O)Nc2ccc(OC(C)C)cc2)C2CC2)c1. The molecule has 174 valence electrons. The highest BCUT2D eigenvalue weighted by Gasteiger charge is 2.35. The molecule has 0 atom stereocenters. The van der Waals surface area contributed by atoms with Crippen LogP contribution < -0.4 is 18.9 Å². The third-order valence-electron chi connectivity index (χ3n) is 4.95. The van der Waals surface area contributed by atoms with Crippen molar-refractivity contribution in [3.8, 4) is 17.2 Å². The van der Waals surface area contributed by atoms with Gasteiger partial charge in [-0.15, -0.1) is 0 Å². The largest absolute Gasteiger partial charge is 0.497 e. The summed E-state index contributed by atoms with van der Waals surface area (Å²) in [4.78, 5) is 14.6. The fourth-order valence-corrected chi connectivity index (χ4v) is 4.39. The molecule has 1 fully saturated rings. The molecule has 0 saturated heterocycles. The first-order valence-electron chi connectivity index (χ1n) is 10.5. The molecule has 1 N–H and O–H groups in total. The summed E-state index contributed by atoms with van der Waals surface area (Å²) in [6.07, 6.45) is 1.72. The molecule has 2 aromatic carbocycles. The highest BCUT2D eigenvalue weighted by molar-refractivity contribution is 7.93. The van der Waals surface area contributed by atoms with Gasteiger partial charge in [-0.3, -0.25) is 9.52 Å². The van der Waals surface area contributed by atoms with Crippen LogP contribution in [0.2, 0.25) is 0 Å². The number of amides is 1. The molecule has 32 heavy (non-hydrogen) atoms. The number of methoxy groups -OCH3 is 2. The summed E-state index contributed by atoms with van der Waals surface area (Å²) >= 11 is 0. The van der Waals surface area contributed by atoms with Crippen LogP contribution in [0.3, 0.4) is 0 Å². The molecule has 0 aliphatic heterocycles. The van der Waals surface area contributed by atoms with Gasteiger partial charge in [-0.25, -0.2) is 8.42 Å². The Bertz CT molecular complexity index is 1030. The number of benzene rings is 2. The van der Waals surface area contributed by atoms with Crippen LogP contribution in [0.5, 0.6) is 17.2 Å². The lowest BCUT2D eigenvalue weighted by molar-refractivity contribution is -0.129. The smallest absolute Gasteiger partial charge is 0.241 e. The highest BCUT2D eigenvalue weighted by Crippen LogP contribution is 2.32. The minimum Gasteiger partial charge on any atom is -0.497 e. The minimum absolute atomic E-state index is 0.0202. The second-order valence-electron chi connectivity index (χ2n) is 7.98. The third-order valence-corrected chi connectivity index (χ3v) is 6.12. The fourth-order valence-electron chi connectivity index (χ4n) is 3.33. The number of sulfonamides is 1. The van der Waals surface area contributed by atoms with Gasteiger partial charge in [0.15, 0.2) is 0 Å². The number of rotatable bonds is 11. The number of hydrogen-bond acceptors (Lipinski definition) is 6. The van der Waals surface area contributed by atoms with Crippen molar-refractivity contribution in [2.24, 2.45) is 0 Å². The minimum atomic E-state index is -3.88. The van der Waals surface area contributed by atoms with Gasteiger partial charge in [0.25, 0.3) is 0 Å². The Labute approximate surface area is 189 Å². The zero-order valence-corrected chi connectivity index (χ0v) is 19.6. The zero-order chi connectivity index (χ0) is 23.3. The van der Waals surface area contributed by atoms with Gasteiger partial charge in [0.1, 0.15) is 23.0 Å². The predicted octanol–water partition coefficient (Wildman–Crippen LogP) is 3.42. The molecule has 2 aromatic rings. The highest BCUT2D eigenvalue weighted by atomic mass is 32.2. The molecule has 1 saturated carbocycles. The second kappa shape index (κ2) is 10.1. The summed E-state index contributed by atoms with van der Waals surface area (Å²) in [5.41, 5.74) is 1.14. The molecule has 0 unspecified atom stereocenters. The number of nitrogens with one attached hydrogen (secondary N) is 1. The molecule has 0 spiro atoms. The summed E-state index contributed by atoms with van der Waals surface area (Å²) in [6, 6.07) is 12.0. The Kier molecular flexibility index (Phi) is 7.50. The molecule has 0 bridgehead atoms. The van der Waals surface area contributed by atoms with Crippen LogP contribution in [0.1, 0.15) is 32.3 Å². The van der Waals surface area contributed by atoms with Crippen molar-refractivity contribution in [2.75, 3.05) is 24.7 Å². The monoisotopic (exact) mass is 462 g/mol. The summed E-state index contributed by atoms with van der Waals surface area (Å²) in [6.45, 7) is 4.07. The van der Waals surface area contributed by atoms with Crippen molar-refractivity contribution >= 4 is 21.6 Å². The van der Waals surface area contributed by atoms with Crippen molar-refractivity contribution in [3.05, 3.63) is 48.0 Å². The molecular weight excluding hydrogens is 432 g/mol. The molecule has 1 aliphatic carbocycles. The topological polar surface area (TPSA) is 94.2 Å². The van der Waals surface area contributed by atoms with Gasteiger partial charge >= 0.3 is 0 Å². The van der Waals surface area contributed by atoms with Gasteiger partial charge in [-0.2, -0.15) is 0 Å². The molecule has 1 aliphatic rings. The molecule has 0 aromatic heterocycles. The molecule has 0 radical (unpaired) electrons. The lowest BCUT2D eigenvalue weighted by Crippen LogP contribution is -2.38. The molecule has 3 rings (SSSR count). The lowest BCUT2D eigenvalue weighted by Gasteiger charge is -2.24. The first kappa shape index (κ1) is 23.7. The van der Waals surface area contributed by atoms with E-state index in [0.29, 0.717) is 22.9 Å². The first-order valence-corrected chi connectivity index (χ1v) is 12.1. The number of carbonyl (C=O) groups is 1. The van der Waals surface area contributed by atoms with Gasteiger partial charge in [-0.05, 0) is 69.2 Å². The van der Waals surface area contributed by atoms with E-state index in [4.69, 9.17) is 14.2 Å². The van der Waals surface area contributed by atoms with E-state index in [2.05, 4.69) is 4.72 Å². The second-order valence-corrected chi connectivity index (χ2v) is 9.71. The lowest BCUT2D eigenvalue weighted by atomic mass is 10.1. The molecule has 8 nitrogen and oxygen atoms in total. The van der Waals surface area contributed by atoms with Gasteiger partial charge < -0.3 is 19.1 Å². The number of hydrogen-bond donors (Lipinski definition) is 1. The predicted molar refractivity (Wildman–Crippen MR) is 123 cm³/mol. The van der Waals surface area contributed by atoms with Crippen molar-refractivity contribution in [2.45, 2.75) is 45.4 Å². The summed E-state index contributed by atoms with van der Waals surface area (Å²) in [7, 11) is -0.759. The Morgan fingerprint density at radius 1 is 1.06 bits per heavy atom. The average molecular weight is 463 g/mol. The van der Waals surface area contributed by atoms with E-state index in [9.17, 15) is 13.2 Å². The maximum Gasteiger partial charge on any atom is 0.241 e. The number of nitrogens with zero attached hydrogens (tertiary/aromatic N) is 1. The van der Waals surface area contributed by atoms with Crippen LogP contribution in [0.15, 0.2) is 42.5 Å². The van der Waals surface area contributed by atoms with E-state index in [0.717, 1.165) is 18.4 Å². The van der Waals surface area contributed by atoms with Gasteiger partial charge in [0, 0.05) is 23.8 Å². The molecular formula is C23H30N2O6S. The van der Waals surface area contributed by atoms with Gasteiger partial charge in [-0.1, -0.05) is 0 Å². The van der Waals surface area contributed by atoms with Crippen LogP contribution in [0.25, 0.3) is 0 Å². The van der Waals surface area contributed by atoms with Crippen molar-refractivity contribution in [1.82, 2.24) is 4.90 Å². The van der Waals surface area contributed by atoms with Crippen molar-refractivity contribution in [1.29, 1.82) is 0 Å². The zero-order valence-electron chi connectivity index (χ0n) is 18.8. The number of ether oxygens (including phenoxy) is 3. The van der Waals surface area contributed by atoms with E-state index in [1.165, 1.54) is 0 Å². The van der Waals surface area contributed by atoms with Crippen molar-refractivity contribution in [3.63, 3.8) is 0 Å². The number of anilines is 1. The van der Waals surface area contributed by atoms with Crippen LogP contribution in [-0.2, 0) is 21.4 Å². The first-order chi connectivity index (χ1) is 15.2. The Hall–Kier alpha value is -2.94. The van der Waals surface area contributed by atoms with E-state index in [-0.39, 0.29) is 18.7 Å². The molecule has 1 amide bonds. The van der Waals surface area contributed by atoms with Crippen LogP contribution >= 0.6 is 0 Å². The molecule has 9 heteroatoms. The van der Waals surface area contributed by atoms with Crippen LogP contribution in [0, 0.1) is 0 Å². The van der Waals surface area contributed by atoms with E-state index in [1.54, 1.807) is 61.6 Å². The summed E-state index contributed by atoms with van der Waals surface area (Å²) < 4.78 is 44.0. The maximum atomic E-state index is 13.0. The normalized spacial score (nSPS) is 13.5. The number of carbonyl (C=O) groups excluding carboxylic acids is 1. The van der Waals surface area contributed by atoms with Crippen LogP contribution in [0.4, 0.5) is 5.69 Å². The van der Waals surface area contributed by atoms with Gasteiger partial charge in [0.05, 0.1) is 20.3 Å². The van der Waals surface area contributed by atoms with E-state index >= 15 is 0 Å². The Morgan fingerprint density at radius 3 is 2.28 bits per heavy atom. The van der Waals surface area contributed by atoms with Gasteiger partial charge in [0.2, 0.25) is 15.9 Å². The fraction of sp³-hybridized carbons (Fsp3) is 0.435. The third kappa shape index (κ3) is 6.53.